The van der Waals surface area contributed by atoms with Crippen LogP contribution in [0.3, 0.4) is 0 Å². The summed E-state index contributed by atoms with van der Waals surface area (Å²) in [7, 11) is -1.13. The number of amides is 1. The summed E-state index contributed by atoms with van der Waals surface area (Å²) in [6, 6.07) is 9.25. The van der Waals surface area contributed by atoms with Crippen LogP contribution in [0, 0.1) is 0 Å². The van der Waals surface area contributed by atoms with Crippen molar-refractivity contribution in [3.8, 4) is 5.75 Å². The summed E-state index contributed by atoms with van der Waals surface area (Å²) >= 11 is 0. The predicted molar refractivity (Wildman–Crippen MR) is 102 cm³/mol. The largest absolute Gasteiger partial charge is 0.496 e. The van der Waals surface area contributed by atoms with E-state index < -0.39 is 21.9 Å². The molecule has 1 amide bonds. The van der Waals surface area contributed by atoms with Crippen LogP contribution in [-0.2, 0) is 26.1 Å². The zero-order valence-corrected chi connectivity index (χ0v) is 16.4. The highest BCUT2D eigenvalue weighted by molar-refractivity contribution is 7.89. The average Bonchev–Trinajstić information content (AvgIpc) is 2.99. The number of ether oxygens (including phenoxy) is 2. The maximum atomic E-state index is 12.7. The third-order valence-corrected chi connectivity index (χ3v) is 5.99. The number of hydrogen-bond donors (Lipinski definition) is 2. The van der Waals surface area contributed by atoms with Gasteiger partial charge in [-0.3, -0.25) is 4.79 Å². The number of sulfonamides is 1. The summed E-state index contributed by atoms with van der Waals surface area (Å²) in [5.41, 5.74) is 2.04. The molecule has 0 unspecified atom stereocenters. The number of hydrogen-bond acceptors (Lipinski definition) is 6. The van der Waals surface area contributed by atoms with Gasteiger partial charge < -0.3 is 14.8 Å². The molecule has 0 saturated carbocycles. The van der Waals surface area contributed by atoms with E-state index in [-0.39, 0.29) is 22.9 Å². The van der Waals surface area contributed by atoms with Crippen molar-refractivity contribution in [3.63, 3.8) is 0 Å². The molecular formula is C19H20N2O6S. The first-order valence-corrected chi connectivity index (χ1v) is 9.95. The Morgan fingerprint density at radius 3 is 2.61 bits per heavy atom. The number of rotatable bonds is 6. The molecule has 0 spiro atoms. The van der Waals surface area contributed by atoms with E-state index in [1.165, 1.54) is 32.4 Å². The number of esters is 1. The van der Waals surface area contributed by atoms with E-state index in [1.807, 2.05) is 0 Å². The van der Waals surface area contributed by atoms with Gasteiger partial charge in [-0.05, 0) is 48.4 Å². The first-order chi connectivity index (χ1) is 13.3. The van der Waals surface area contributed by atoms with Crippen molar-refractivity contribution < 1.29 is 27.5 Å². The lowest BCUT2D eigenvalue weighted by Gasteiger charge is -2.11. The molecule has 3 rings (SSSR count). The van der Waals surface area contributed by atoms with Crippen molar-refractivity contribution in [1.29, 1.82) is 0 Å². The van der Waals surface area contributed by atoms with Crippen molar-refractivity contribution in [3.05, 3.63) is 53.1 Å². The van der Waals surface area contributed by atoms with E-state index in [0.717, 1.165) is 0 Å². The third kappa shape index (κ3) is 3.71. The molecule has 2 N–H and O–H groups in total. The lowest BCUT2D eigenvalue weighted by molar-refractivity contribution is -0.116. The Morgan fingerprint density at radius 1 is 1.18 bits per heavy atom. The fraction of sp³-hybridized carbons (Fsp3) is 0.263. The number of fused-ring (bicyclic) bond motifs is 1. The molecule has 1 heterocycles. The molecule has 0 aliphatic carbocycles. The minimum absolute atomic E-state index is 0.0276. The second-order valence-corrected chi connectivity index (χ2v) is 8.08. The molecule has 1 aliphatic rings. The summed E-state index contributed by atoms with van der Waals surface area (Å²) in [6.45, 7) is 1.69. The molecule has 0 bridgehead atoms. The molecule has 0 radical (unpaired) electrons. The zero-order valence-electron chi connectivity index (χ0n) is 15.6. The number of benzene rings is 2. The van der Waals surface area contributed by atoms with E-state index in [4.69, 9.17) is 9.47 Å². The molecule has 0 fully saturated rings. The number of methoxy groups -OCH3 is 2. The van der Waals surface area contributed by atoms with Gasteiger partial charge in [-0.1, -0.05) is 6.07 Å². The Balaban J connectivity index is 1.81. The summed E-state index contributed by atoms with van der Waals surface area (Å²) < 4.78 is 37.7. The van der Waals surface area contributed by atoms with E-state index in [9.17, 15) is 18.0 Å². The van der Waals surface area contributed by atoms with Crippen LogP contribution in [0.25, 0.3) is 0 Å². The number of anilines is 1. The molecule has 0 saturated heterocycles. The quantitative estimate of drug-likeness (QED) is 0.713. The van der Waals surface area contributed by atoms with Gasteiger partial charge in [-0.2, -0.15) is 0 Å². The van der Waals surface area contributed by atoms with Crippen molar-refractivity contribution in [1.82, 2.24) is 4.72 Å². The molecule has 0 aromatic heterocycles. The van der Waals surface area contributed by atoms with Crippen molar-refractivity contribution >= 4 is 27.6 Å². The fourth-order valence-corrected chi connectivity index (χ4v) is 4.01. The van der Waals surface area contributed by atoms with E-state index in [2.05, 4.69) is 10.0 Å². The fourth-order valence-electron chi connectivity index (χ4n) is 2.96. The van der Waals surface area contributed by atoms with Crippen LogP contribution < -0.4 is 14.8 Å². The second-order valence-electron chi connectivity index (χ2n) is 6.31. The van der Waals surface area contributed by atoms with Gasteiger partial charge in [0.1, 0.15) is 11.3 Å². The minimum atomic E-state index is -3.81. The smallest absolute Gasteiger partial charge is 0.341 e. The SMILES string of the molecule is COC(=O)c1cc(CNS(=O)(=O)c2ccc3c(c2)[C@@H](C)C(=O)N3)ccc1OC. The summed E-state index contributed by atoms with van der Waals surface area (Å²) in [4.78, 5) is 23.7. The Kier molecular flexibility index (Phi) is 5.39. The van der Waals surface area contributed by atoms with Crippen LogP contribution in [0.15, 0.2) is 41.3 Å². The Morgan fingerprint density at radius 2 is 1.93 bits per heavy atom. The topological polar surface area (TPSA) is 111 Å². The molecule has 8 nitrogen and oxygen atoms in total. The number of nitrogens with one attached hydrogen (secondary N) is 2. The van der Waals surface area contributed by atoms with Gasteiger partial charge in [-0.15, -0.1) is 0 Å². The van der Waals surface area contributed by atoms with E-state index >= 15 is 0 Å². The first-order valence-electron chi connectivity index (χ1n) is 8.46. The van der Waals surface area contributed by atoms with Crippen LogP contribution in [-0.4, -0.2) is 34.5 Å². The van der Waals surface area contributed by atoms with Crippen LogP contribution in [0.5, 0.6) is 5.75 Å². The third-order valence-electron chi connectivity index (χ3n) is 4.59. The number of carbonyl (C=O) groups is 2. The van der Waals surface area contributed by atoms with Crippen molar-refractivity contribution in [2.45, 2.75) is 24.3 Å². The lowest BCUT2D eigenvalue weighted by Crippen LogP contribution is -2.23. The van der Waals surface area contributed by atoms with Crippen LogP contribution in [0.4, 0.5) is 5.69 Å². The monoisotopic (exact) mass is 404 g/mol. The summed E-state index contributed by atoms with van der Waals surface area (Å²) in [6.07, 6.45) is 0. The maximum Gasteiger partial charge on any atom is 0.341 e. The maximum absolute atomic E-state index is 12.7. The summed E-state index contributed by atoms with van der Waals surface area (Å²) in [5, 5.41) is 2.71. The first kappa shape index (κ1) is 19.8. The molecule has 1 aliphatic heterocycles. The lowest BCUT2D eigenvalue weighted by atomic mass is 10.0. The van der Waals surface area contributed by atoms with Gasteiger partial charge >= 0.3 is 5.97 Å². The van der Waals surface area contributed by atoms with E-state index in [0.29, 0.717) is 22.6 Å². The molecule has 28 heavy (non-hydrogen) atoms. The molecular weight excluding hydrogens is 384 g/mol. The van der Waals surface area contributed by atoms with Gasteiger partial charge in [0.2, 0.25) is 15.9 Å². The Labute approximate surface area is 162 Å². The molecule has 1 atom stereocenters. The van der Waals surface area contributed by atoms with Crippen molar-refractivity contribution in [2.75, 3.05) is 19.5 Å². The predicted octanol–water partition coefficient (Wildman–Crippen LogP) is 2.02. The van der Waals surface area contributed by atoms with Gasteiger partial charge in [0.25, 0.3) is 0 Å². The van der Waals surface area contributed by atoms with Crippen LogP contribution in [0.2, 0.25) is 0 Å². The van der Waals surface area contributed by atoms with Gasteiger partial charge in [-0.25, -0.2) is 17.9 Å². The van der Waals surface area contributed by atoms with Gasteiger partial charge in [0.15, 0.2) is 0 Å². The average molecular weight is 404 g/mol. The molecule has 2 aromatic carbocycles. The van der Waals surface area contributed by atoms with Gasteiger partial charge in [0.05, 0.1) is 25.0 Å². The van der Waals surface area contributed by atoms with Crippen LogP contribution in [0.1, 0.15) is 34.3 Å². The highest BCUT2D eigenvalue weighted by Gasteiger charge is 2.28. The highest BCUT2D eigenvalue weighted by Crippen LogP contribution is 2.33. The minimum Gasteiger partial charge on any atom is -0.496 e. The number of carbonyl (C=O) groups excluding carboxylic acids is 2. The van der Waals surface area contributed by atoms with Gasteiger partial charge in [0, 0.05) is 12.2 Å². The molecule has 2 aromatic rings. The van der Waals surface area contributed by atoms with Crippen LogP contribution >= 0.6 is 0 Å². The molecule has 9 heteroatoms. The Bertz CT molecular complexity index is 1050. The molecule has 148 valence electrons. The normalized spacial score (nSPS) is 15.7. The highest BCUT2D eigenvalue weighted by atomic mass is 32.2. The second kappa shape index (κ2) is 7.61. The zero-order chi connectivity index (χ0) is 20.5. The standard InChI is InChI=1S/C19H20N2O6S/c1-11-14-9-13(5-6-16(14)21-18(11)22)28(24,25)20-10-12-4-7-17(26-2)15(8-12)19(23)27-3/h4-9,11,20H,10H2,1-3H3,(H,21,22)/t11-/m1/s1. The van der Waals surface area contributed by atoms with E-state index in [1.54, 1.807) is 25.1 Å². The summed E-state index contributed by atoms with van der Waals surface area (Å²) in [5.74, 6) is -0.810. The van der Waals surface area contributed by atoms with Crippen molar-refractivity contribution in [2.24, 2.45) is 0 Å². The Hall–Kier alpha value is -2.91.